The first kappa shape index (κ1) is 13.5. The second-order valence-corrected chi connectivity index (χ2v) is 5.87. The van der Waals surface area contributed by atoms with Crippen LogP contribution < -0.4 is 14.8 Å². The molecule has 0 fully saturated rings. The fourth-order valence-corrected chi connectivity index (χ4v) is 3.32. The fraction of sp³-hybridized carbons (Fsp3) is 0.375. The van der Waals surface area contributed by atoms with Crippen LogP contribution in [-0.2, 0) is 6.54 Å². The van der Waals surface area contributed by atoms with Crippen LogP contribution in [0.4, 0.5) is 0 Å². The molecule has 1 aliphatic rings. The predicted molar refractivity (Wildman–Crippen MR) is 81.4 cm³/mol. The summed E-state index contributed by atoms with van der Waals surface area (Å²) in [4.78, 5) is 1.40. The molecule has 0 saturated carbocycles. The molecule has 4 heteroatoms. The highest BCUT2D eigenvalue weighted by Gasteiger charge is 2.18. The summed E-state index contributed by atoms with van der Waals surface area (Å²) in [6.07, 6.45) is 2.31. The van der Waals surface area contributed by atoms with E-state index < -0.39 is 0 Å². The lowest BCUT2D eigenvalue weighted by Crippen LogP contribution is -2.20. The van der Waals surface area contributed by atoms with Crippen molar-refractivity contribution in [2.75, 3.05) is 6.79 Å². The van der Waals surface area contributed by atoms with E-state index in [1.54, 1.807) is 0 Å². The molecule has 1 N–H and O–H groups in total. The van der Waals surface area contributed by atoms with Crippen LogP contribution in [0.1, 0.15) is 36.2 Å². The molecule has 0 amide bonds. The summed E-state index contributed by atoms with van der Waals surface area (Å²) in [5, 5.41) is 5.78. The van der Waals surface area contributed by atoms with Crippen molar-refractivity contribution >= 4 is 11.3 Å². The van der Waals surface area contributed by atoms with Gasteiger partial charge in [0, 0.05) is 23.0 Å². The molecule has 0 bridgehead atoms. The average Bonchev–Trinajstić information content (AvgIpc) is 3.13. The Morgan fingerprint density at radius 1 is 1.25 bits per heavy atom. The second kappa shape index (κ2) is 6.29. The van der Waals surface area contributed by atoms with E-state index in [1.807, 2.05) is 23.5 Å². The summed E-state index contributed by atoms with van der Waals surface area (Å²) < 4.78 is 11.0. The van der Waals surface area contributed by atoms with Gasteiger partial charge in [0.05, 0.1) is 0 Å². The first-order valence-corrected chi connectivity index (χ1v) is 7.90. The van der Waals surface area contributed by atoms with Crippen LogP contribution in [-0.4, -0.2) is 6.79 Å². The summed E-state index contributed by atoms with van der Waals surface area (Å²) in [5.41, 5.74) is 1.16. The molecule has 0 spiro atoms. The van der Waals surface area contributed by atoms with Crippen molar-refractivity contribution in [1.29, 1.82) is 0 Å². The molecule has 20 heavy (non-hydrogen) atoms. The van der Waals surface area contributed by atoms with Crippen molar-refractivity contribution in [2.24, 2.45) is 0 Å². The van der Waals surface area contributed by atoms with Crippen molar-refractivity contribution in [1.82, 2.24) is 5.32 Å². The number of nitrogens with one attached hydrogen (secondary N) is 1. The summed E-state index contributed by atoms with van der Waals surface area (Å²) in [6, 6.07) is 10.8. The van der Waals surface area contributed by atoms with Gasteiger partial charge in [0.2, 0.25) is 6.79 Å². The zero-order valence-corrected chi connectivity index (χ0v) is 12.4. The SMILES string of the molecule is CCCC(NCc1cccc2c1OCO2)c1cccs1. The third-order valence-electron chi connectivity index (χ3n) is 3.48. The third-order valence-corrected chi connectivity index (χ3v) is 4.47. The molecule has 1 aromatic heterocycles. The van der Waals surface area contributed by atoms with E-state index in [-0.39, 0.29) is 0 Å². The minimum atomic E-state index is 0.329. The minimum Gasteiger partial charge on any atom is -0.454 e. The van der Waals surface area contributed by atoms with Crippen LogP contribution >= 0.6 is 11.3 Å². The normalized spacial score (nSPS) is 14.4. The number of para-hydroxylation sites is 1. The summed E-state index contributed by atoms with van der Waals surface area (Å²) in [6.45, 7) is 3.35. The molecule has 3 nitrogen and oxygen atoms in total. The van der Waals surface area contributed by atoms with Gasteiger partial charge in [0.25, 0.3) is 0 Å². The number of hydrogen-bond donors (Lipinski definition) is 1. The number of benzene rings is 1. The first-order valence-electron chi connectivity index (χ1n) is 7.02. The van der Waals surface area contributed by atoms with Crippen LogP contribution in [0.3, 0.4) is 0 Å². The molecule has 1 aliphatic heterocycles. The van der Waals surface area contributed by atoms with Gasteiger partial charge in [-0.05, 0) is 23.9 Å². The minimum absolute atomic E-state index is 0.329. The maximum atomic E-state index is 5.55. The van der Waals surface area contributed by atoms with Gasteiger partial charge in [-0.1, -0.05) is 31.5 Å². The Morgan fingerprint density at radius 2 is 2.20 bits per heavy atom. The Hall–Kier alpha value is -1.52. The monoisotopic (exact) mass is 289 g/mol. The van der Waals surface area contributed by atoms with Crippen LogP contribution in [0.5, 0.6) is 11.5 Å². The van der Waals surface area contributed by atoms with Gasteiger partial charge in [-0.3, -0.25) is 0 Å². The van der Waals surface area contributed by atoms with E-state index >= 15 is 0 Å². The van der Waals surface area contributed by atoms with Crippen molar-refractivity contribution in [3.8, 4) is 11.5 Å². The maximum Gasteiger partial charge on any atom is 0.231 e. The van der Waals surface area contributed by atoms with E-state index in [9.17, 15) is 0 Å². The highest BCUT2D eigenvalue weighted by Crippen LogP contribution is 2.35. The van der Waals surface area contributed by atoms with E-state index in [0.29, 0.717) is 12.8 Å². The lowest BCUT2D eigenvalue weighted by Gasteiger charge is -2.17. The summed E-state index contributed by atoms with van der Waals surface area (Å²) in [7, 11) is 0. The van der Waals surface area contributed by atoms with Crippen molar-refractivity contribution in [2.45, 2.75) is 32.4 Å². The highest BCUT2D eigenvalue weighted by molar-refractivity contribution is 7.10. The maximum absolute atomic E-state index is 5.55. The third kappa shape index (κ3) is 2.81. The molecule has 3 rings (SSSR count). The highest BCUT2D eigenvalue weighted by atomic mass is 32.1. The van der Waals surface area contributed by atoms with Gasteiger partial charge in [0.15, 0.2) is 11.5 Å². The van der Waals surface area contributed by atoms with Gasteiger partial charge in [-0.15, -0.1) is 11.3 Å². The number of hydrogen-bond acceptors (Lipinski definition) is 4. The van der Waals surface area contributed by atoms with Gasteiger partial charge >= 0.3 is 0 Å². The Balaban J connectivity index is 1.70. The molecule has 1 unspecified atom stereocenters. The van der Waals surface area contributed by atoms with Crippen molar-refractivity contribution in [3.63, 3.8) is 0 Å². The van der Waals surface area contributed by atoms with Gasteiger partial charge in [-0.25, -0.2) is 0 Å². The smallest absolute Gasteiger partial charge is 0.231 e. The Labute approximate surface area is 123 Å². The number of thiophene rings is 1. The van der Waals surface area contributed by atoms with Crippen LogP contribution in [0.25, 0.3) is 0 Å². The predicted octanol–water partition coefficient (Wildman–Crippen LogP) is 4.11. The topological polar surface area (TPSA) is 30.5 Å². The molecule has 0 radical (unpaired) electrons. The van der Waals surface area contributed by atoms with Crippen LogP contribution in [0.2, 0.25) is 0 Å². The largest absolute Gasteiger partial charge is 0.454 e. The Morgan fingerprint density at radius 3 is 3.00 bits per heavy atom. The second-order valence-electron chi connectivity index (χ2n) is 4.89. The molecular formula is C16H19NO2S. The quantitative estimate of drug-likeness (QED) is 0.868. The zero-order chi connectivity index (χ0) is 13.8. The van der Waals surface area contributed by atoms with E-state index in [0.717, 1.165) is 30.0 Å². The van der Waals surface area contributed by atoms with Gasteiger partial charge in [0.1, 0.15) is 0 Å². The lowest BCUT2D eigenvalue weighted by atomic mass is 10.1. The van der Waals surface area contributed by atoms with E-state index in [4.69, 9.17) is 9.47 Å². The molecule has 2 heterocycles. The van der Waals surface area contributed by atoms with Crippen LogP contribution in [0, 0.1) is 0 Å². The molecule has 0 aliphatic carbocycles. The standard InChI is InChI=1S/C16H19NO2S/c1-2-5-13(15-8-4-9-20-15)17-10-12-6-3-7-14-16(12)19-11-18-14/h3-4,6-9,13,17H,2,5,10-11H2,1H3. The lowest BCUT2D eigenvalue weighted by molar-refractivity contribution is 0.173. The zero-order valence-electron chi connectivity index (χ0n) is 11.6. The van der Waals surface area contributed by atoms with Crippen molar-refractivity contribution in [3.05, 3.63) is 46.2 Å². The molecule has 1 atom stereocenters. The van der Waals surface area contributed by atoms with Gasteiger partial charge < -0.3 is 14.8 Å². The van der Waals surface area contributed by atoms with E-state index in [1.165, 1.54) is 11.3 Å². The molecule has 2 aromatic rings. The molecule has 106 valence electrons. The summed E-state index contributed by atoms with van der Waals surface area (Å²) >= 11 is 1.81. The molecular weight excluding hydrogens is 270 g/mol. The average molecular weight is 289 g/mol. The molecule has 1 aromatic carbocycles. The number of ether oxygens (including phenoxy) is 2. The van der Waals surface area contributed by atoms with Crippen LogP contribution in [0.15, 0.2) is 35.7 Å². The van der Waals surface area contributed by atoms with Crippen molar-refractivity contribution < 1.29 is 9.47 Å². The Kier molecular flexibility index (Phi) is 4.23. The number of rotatable bonds is 6. The fourth-order valence-electron chi connectivity index (χ4n) is 2.49. The first-order chi connectivity index (χ1) is 9.88. The Bertz CT molecular complexity index is 554. The number of fused-ring (bicyclic) bond motifs is 1. The summed E-state index contributed by atoms with van der Waals surface area (Å²) in [5.74, 6) is 1.74. The molecule has 0 saturated heterocycles. The van der Waals surface area contributed by atoms with E-state index in [2.05, 4.69) is 35.8 Å². The van der Waals surface area contributed by atoms with Gasteiger partial charge in [-0.2, -0.15) is 0 Å².